The van der Waals surface area contributed by atoms with E-state index in [9.17, 15) is 9.50 Å². The van der Waals surface area contributed by atoms with Gasteiger partial charge in [0.05, 0.1) is 0 Å². The van der Waals surface area contributed by atoms with E-state index in [1.54, 1.807) is 24.3 Å². The van der Waals surface area contributed by atoms with E-state index < -0.39 is 0 Å². The number of aryl methyl sites for hydroxylation is 1. The SMILES string of the molecule is Cc1ccc(-c2cc3cc(C(C)(C)C)cc4cc(-c5ccc(O)cc5)c5c6ccc(F)cc6cc2c5c34)cc1. The number of hydrogen-bond donors (Lipinski definition) is 1. The van der Waals surface area contributed by atoms with E-state index in [1.807, 2.05) is 18.2 Å². The molecule has 7 aromatic carbocycles. The second kappa shape index (κ2) is 8.28. The maximum atomic E-state index is 14.6. The Bertz CT molecular complexity index is 2020. The minimum Gasteiger partial charge on any atom is -0.508 e. The molecule has 0 saturated heterocycles. The zero-order valence-electron chi connectivity index (χ0n) is 22.6. The summed E-state index contributed by atoms with van der Waals surface area (Å²) in [6, 6.07) is 32.6. The van der Waals surface area contributed by atoms with E-state index in [-0.39, 0.29) is 17.0 Å². The van der Waals surface area contributed by atoms with Gasteiger partial charge in [-0.15, -0.1) is 0 Å². The van der Waals surface area contributed by atoms with Gasteiger partial charge in [0.25, 0.3) is 0 Å². The van der Waals surface area contributed by atoms with Gasteiger partial charge in [-0.1, -0.05) is 80.9 Å². The summed E-state index contributed by atoms with van der Waals surface area (Å²) in [6.07, 6.45) is 0. The number of benzene rings is 7. The van der Waals surface area contributed by atoms with Crippen molar-refractivity contribution in [2.75, 3.05) is 0 Å². The quantitative estimate of drug-likeness (QED) is 0.182. The maximum absolute atomic E-state index is 14.6. The van der Waals surface area contributed by atoms with Crippen LogP contribution in [0.15, 0.2) is 97.1 Å². The Morgan fingerprint density at radius 1 is 0.564 bits per heavy atom. The third-order valence-electron chi connectivity index (χ3n) is 8.12. The van der Waals surface area contributed by atoms with E-state index in [0.29, 0.717) is 0 Å². The zero-order chi connectivity index (χ0) is 27.1. The first kappa shape index (κ1) is 23.7. The van der Waals surface area contributed by atoms with Crippen LogP contribution in [0.3, 0.4) is 0 Å². The lowest BCUT2D eigenvalue weighted by Crippen LogP contribution is -2.11. The zero-order valence-corrected chi connectivity index (χ0v) is 22.6. The van der Waals surface area contributed by atoms with Crippen LogP contribution in [0.25, 0.3) is 65.3 Å². The molecule has 0 aromatic heterocycles. The van der Waals surface area contributed by atoms with Gasteiger partial charge in [-0.05, 0) is 126 Å². The topological polar surface area (TPSA) is 20.2 Å². The predicted molar refractivity (Wildman–Crippen MR) is 164 cm³/mol. The molecule has 0 heterocycles. The molecule has 7 aromatic rings. The van der Waals surface area contributed by atoms with Crippen molar-refractivity contribution >= 4 is 43.1 Å². The molecule has 2 heteroatoms. The van der Waals surface area contributed by atoms with Gasteiger partial charge < -0.3 is 5.11 Å². The number of halogens is 1. The van der Waals surface area contributed by atoms with Crippen molar-refractivity contribution in [2.24, 2.45) is 0 Å². The summed E-state index contributed by atoms with van der Waals surface area (Å²) in [5, 5.41) is 19.0. The van der Waals surface area contributed by atoms with Gasteiger partial charge in [0.15, 0.2) is 0 Å². The normalized spacial score (nSPS) is 12.3. The molecule has 39 heavy (non-hydrogen) atoms. The Hall–Kier alpha value is -4.43. The molecule has 0 atom stereocenters. The highest BCUT2D eigenvalue weighted by atomic mass is 19.1. The summed E-state index contributed by atoms with van der Waals surface area (Å²) in [5.41, 5.74) is 6.88. The summed E-state index contributed by atoms with van der Waals surface area (Å²) in [5.74, 6) is -0.00678. The molecular weight excluding hydrogens is 479 g/mol. The van der Waals surface area contributed by atoms with Crippen molar-refractivity contribution in [1.29, 1.82) is 0 Å². The second-order valence-corrected chi connectivity index (χ2v) is 11.8. The molecule has 1 nitrogen and oxygen atoms in total. The minimum atomic E-state index is -0.242. The highest BCUT2D eigenvalue weighted by molar-refractivity contribution is 6.34. The van der Waals surface area contributed by atoms with Gasteiger partial charge in [0.1, 0.15) is 11.6 Å². The average molecular weight is 509 g/mol. The van der Waals surface area contributed by atoms with Crippen molar-refractivity contribution in [3.05, 3.63) is 114 Å². The summed E-state index contributed by atoms with van der Waals surface area (Å²) >= 11 is 0. The van der Waals surface area contributed by atoms with Crippen LogP contribution in [0.2, 0.25) is 0 Å². The molecule has 0 radical (unpaired) electrons. The Morgan fingerprint density at radius 2 is 1.18 bits per heavy atom. The largest absolute Gasteiger partial charge is 0.508 e. The van der Waals surface area contributed by atoms with E-state index in [2.05, 4.69) is 82.3 Å². The third-order valence-corrected chi connectivity index (χ3v) is 8.12. The smallest absolute Gasteiger partial charge is 0.123 e. The maximum Gasteiger partial charge on any atom is 0.123 e. The molecule has 0 aliphatic heterocycles. The Balaban J connectivity index is 1.76. The summed E-state index contributed by atoms with van der Waals surface area (Å²) in [6.45, 7) is 8.86. The highest BCUT2D eigenvalue weighted by Crippen LogP contribution is 2.48. The van der Waals surface area contributed by atoms with E-state index in [4.69, 9.17) is 0 Å². The first-order valence-corrected chi connectivity index (χ1v) is 13.4. The number of rotatable bonds is 2. The Morgan fingerprint density at radius 3 is 1.85 bits per heavy atom. The van der Waals surface area contributed by atoms with Gasteiger partial charge in [-0.25, -0.2) is 4.39 Å². The van der Waals surface area contributed by atoms with E-state index in [1.165, 1.54) is 32.7 Å². The lowest BCUT2D eigenvalue weighted by molar-refractivity contribution is 0.475. The number of aromatic hydroxyl groups is 1. The summed E-state index contributed by atoms with van der Waals surface area (Å²) in [7, 11) is 0. The monoisotopic (exact) mass is 508 g/mol. The number of hydrogen-bond acceptors (Lipinski definition) is 1. The van der Waals surface area contributed by atoms with Gasteiger partial charge in [-0.3, -0.25) is 0 Å². The van der Waals surface area contributed by atoms with Crippen molar-refractivity contribution < 1.29 is 9.50 Å². The van der Waals surface area contributed by atoms with Crippen molar-refractivity contribution in [3.63, 3.8) is 0 Å². The van der Waals surface area contributed by atoms with Crippen LogP contribution in [0.5, 0.6) is 5.75 Å². The molecule has 190 valence electrons. The molecule has 0 aliphatic carbocycles. The molecular formula is C37H29FO. The van der Waals surface area contributed by atoms with Gasteiger partial charge >= 0.3 is 0 Å². The first-order valence-electron chi connectivity index (χ1n) is 13.4. The molecule has 0 fully saturated rings. The van der Waals surface area contributed by atoms with Crippen LogP contribution in [0, 0.1) is 12.7 Å². The van der Waals surface area contributed by atoms with Crippen LogP contribution in [0.1, 0.15) is 31.9 Å². The van der Waals surface area contributed by atoms with Gasteiger partial charge in [-0.2, -0.15) is 0 Å². The molecule has 0 amide bonds. The molecule has 0 bridgehead atoms. The van der Waals surface area contributed by atoms with E-state index in [0.717, 1.165) is 43.8 Å². The van der Waals surface area contributed by atoms with Crippen LogP contribution < -0.4 is 0 Å². The summed E-state index contributed by atoms with van der Waals surface area (Å²) in [4.78, 5) is 0. The van der Waals surface area contributed by atoms with Gasteiger partial charge in [0, 0.05) is 0 Å². The van der Waals surface area contributed by atoms with Crippen molar-refractivity contribution in [2.45, 2.75) is 33.1 Å². The fraction of sp³-hybridized carbons (Fsp3) is 0.135. The Kier molecular flexibility index (Phi) is 5.03. The van der Waals surface area contributed by atoms with Crippen molar-refractivity contribution in [3.8, 4) is 28.0 Å². The molecule has 1 N–H and O–H groups in total. The fourth-order valence-corrected chi connectivity index (χ4v) is 6.07. The molecule has 7 rings (SSSR count). The highest BCUT2D eigenvalue weighted by Gasteiger charge is 2.22. The van der Waals surface area contributed by atoms with Crippen LogP contribution in [-0.2, 0) is 5.41 Å². The van der Waals surface area contributed by atoms with Crippen LogP contribution in [-0.4, -0.2) is 5.11 Å². The van der Waals surface area contributed by atoms with Crippen LogP contribution >= 0.6 is 0 Å². The lowest BCUT2D eigenvalue weighted by atomic mass is 9.80. The molecule has 0 unspecified atom stereocenters. The van der Waals surface area contributed by atoms with Crippen LogP contribution in [0.4, 0.5) is 4.39 Å². The number of fused-ring (bicyclic) bond motifs is 2. The number of phenolic OH excluding ortho intramolecular Hbond substituents is 1. The average Bonchev–Trinajstić information content (AvgIpc) is 2.90. The fourth-order valence-electron chi connectivity index (χ4n) is 6.07. The van der Waals surface area contributed by atoms with Crippen molar-refractivity contribution in [1.82, 2.24) is 0 Å². The van der Waals surface area contributed by atoms with Gasteiger partial charge in [0.2, 0.25) is 0 Å². The third kappa shape index (κ3) is 3.74. The molecule has 0 saturated carbocycles. The first-order chi connectivity index (χ1) is 18.7. The Labute approximate surface area is 227 Å². The summed E-state index contributed by atoms with van der Waals surface area (Å²) < 4.78 is 14.6. The second-order valence-electron chi connectivity index (χ2n) is 11.8. The lowest BCUT2D eigenvalue weighted by Gasteiger charge is -2.24. The predicted octanol–water partition coefficient (Wildman–Crippen LogP) is 10.5. The molecule has 0 aliphatic rings. The van der Waals surface area contributed by atoms with E-state index >= 15 is 0 Å². The minimum absolute atomic E-state index is 0.0165. The number of phenols is 1. The standard InChI is InChI=1S/C37H29FO/c1-21-5-7-22(8-6-21)31-19-25-15-27(37(2,3)4)16-26-20-32(23-9-12-29(39)13-10-23)35-30-14-11-28(38)17-24(30)18-33(31)36(35)34(25)26/h5-20,39H,1-4H3. The molecule has 0 spiro atoms.